The Hall–Kier alpha value is -0.870. The Labute approximate surface area is 104 Å². The summed E-state index contributed by atoms with van der Waals surface area (Å²) >= 11 is 0. The maximum atomic E-state index is 11.7. The topological polar surface area (TPSA) is 50.4 Å². The van der Waals surface area contributed by atoms with Crippen molar-refractivity contribution in [3.8, 4) is 0 Å². The summed E-state index contributed by atoms with van der Waals surface area (Å²) < 4.78 is 5.42. The van der Waals surface area contributed by atoms with E-state index < -0.39 is 0 Å². The van der Waals surface area contributed by atoms with E-state index in [1.807, 2.05) is 6.92 Å². The van der Waals surface area contributed by atoms with Gasteiger partial charge in [-0.2, -0.15) is 0 Å². The van der Waals surface area contributed by atoms with Gasteiger partial charge in [0, 0.05) is 38.4 Å². The highest BCUT2D eigenvalue weighted by molar-refractivity contribution is 5.93. The lowest BCUT2D eigenvalue weighted by molar-refractivity contribution is -0.117. The molecule has 1 aliphatic rings. The molecule has 4 heteroatoms. The lowest BCUT2D eigenvalue weighted by atomic mass is 10.0. The predicted molar refractivity (Wildman–Crippen MR) is 68.9 cm³/mol. The van der Waals surface area contributed by atoms with E-state index in [0.29, 0.717) is 6.54 Å². The molecule has 1 aliphatic heterocycles. The number of amides is 1. The average Bonchev–Trinajstić information content (AvgIpc) is 2.25. The third kappa shape index (κ3) is 5.33. The van der Waals surface area contributed by atoms with Crippen molar-refractivity contribution in [2.45, 2.75) is 33.1 Å². The molecular weight excluding hydrogens is 216 g/mol. The zero-order valence-electron chi connectivity index (χ0n) is 11.0. The van der Waals surface area contributed by atoms with Crippen LogP contribution in [0.2, 0.25) is 0 Å². The van der Waals surface area contributed by atoms with E-state index in [4.69, 9.17) is 4.74 Å². The second-order valence-electron chi connectivity index (χ2n) is 4.41. The van der Waals surface area contributed by atoms with Crippen molar-refractivity contribution < 1.29 is 9.53 Å². The van der Waals surface area contributed by atoms with Crippen molar-refractivity contribution in [2.75, 3.05) is 32.8 Å². The van der Waals surface area contributed by atoms with Gasteiger partial charge in [-0.3, -0.25) is 4.79 Å². The molecule has 0 spiro atoms. The number of carbonyl (C=O) groups is 1. The van der Waals surface area contributed by atoms with Crippen LogP contribution in [0.1, 0.15) is 33.1 Å². The van der Waals surface area contributed by atoms with Gasteiger partial charge in [-0.1, -0.05) is 13.3 Å². The van der Waals surface area contributed by atoms with Gasteiger partial charge < -0.3 is 15.4 Å². The quantitative estimate of drug-likeness (QED) is 0.495. The summed E-state index contributed by atoms with van der Waals surface area (Å²) in [6.45, 7) is 8.02. The number of hydrogen-bond donors (Lipinski definition) is 2. The largest absolute Gasteiger partial charge is 0.381 e. The molecular formula is C13H24N2O2. The third-order valence-electron chi connectivity index (χ3n) is 2.94. The summed E-state index contributed by atoms with van der Waals surface area (Å²) in [4.78, 5) is 11.7. The normalized spacial score (nSPS) is 14.4. The molecule has 0 bridgehead atoms. The highest BCUT2D eigenvalue weighted by Gasteiger charge is 2.15. The van der Waals surface area contributed by atoms with Gasteiger partial charge in [-0.05, 0) is 25.3 Å². The molecule has 1 amide bonds. The molecule has 1 heterocycles. The van der Waals surface area contributed by atoms with Gasteiger partial charge in [0.15, 0.2) is 0 Å². The molecule has 0 aromatic rings. The Morgan fingerprint density at radius 2 is 2.06 bits per heavy atom. The van der Waals surface area contributed by atoms with Crippen molar-refractivity contribution in [1.82, 2.24) is 10.6 Å². The molecule has 0 radical (unpaired) electrons. The summed E-state index contributed by atoms with van der Waals surface area (Å²) in [6, 6.07) is 0. The monoisotopic (exact) mass is 240 g/mol. The van der Waals surface area contributed by atoms with Crippen molar-refractivity contribution in [3.63, 3.8) is 0 Å². The molecule has 0 saturated carbocycles. The number of nitrogens with one attached hydrogen (secondary N) is 2. The van der Waals surface area contributed by atoms with E-state index in [9.17, 15) is 4.79 Å². The van der Waals surface area contributed by atoms with E-state index in [1.165, 1.54) is 5.57 Å². The second-order valence-corrected chi connectivity index (χ2v) is 4.41. The predicted octanol–water partition coefficient (Wildman–Crippen LogP) is 1.23. The first-order valence-electron chi connectivity index (χ1n) is 6.51. The van der Waals surface area contributed by atoms with Gasteiger partial charge in [0.05, 0.1) is 0 Å². The Morgan fingerprint density at radius 3 is 2.65 bits per heavy atom. The minimum absolute atomic E-state index is 0.0649. The molecule has 0 aromatic heterocycles. The number of rotatable bonds is 8. The summed E-state index contributed by atoms with van der Waals surface area (Å²) in [5.41, 5.74) is 2.09. The molecule has 0 unspecified atom stereocenters. The fourth-order valence-electron chi connectivity index (χ4n) is 1.53. The van der Waals surface area contributed by atoms with E-state index in [-0.39, 0.29) is 5.91 Å². The molecule has 98 valence electrons. The standard InChI is InChI=1S/C13H24N2O2/c1-3-4-7-17-8-5-6-15-13(16)11(2)12-9-14-10-12/h14H,3-10H2,1-2H3,(H,15,16). The zero-order chi connectivity index (χ0) is 12.5. The minimum Gasteiger partial charge on any atom is -0.381 e. The number of carbonyl (C=O) groups excluding carboxylic acids is 1. The molecule has 0 atom stereocenters. The van der Waals surface area contributed by atoms with Gasteiger partial charge in [0.1, 0.15) is 0 Å². The molecule has 17 heavy (non-hydrogen) atoms. The number of ether oxygens (including phenoxy) is 1. The van der Waals surface area contributed by atoms with E-state index >= 15 is 0 Å². The molecule has 0 aliphatic carbocycles. The molecule has 1 fully saturated rings. The highest BCUT2D eigenvalue weighted by Crippen LogP contribution is 2.08. The van der Waals surface area contributed by atoms with Crippen molar-refractivity contribution in [2.24, 2.45) is 0 Å². The minimum atomic E-state index is 0.0649. The Bertz CT molecular complexity index is 269. The molecule has 0 aromatic carbocycles. The second kappa shape index (κ2) is 8.25. The first kappa shape index (κ1) is 14.2. The molecule has 1 saturated heterocycles. The fourth-order valence-corrected chi connectivity index (χ4v) is 1.53. The van der Waals surface area contributed by atoms with Gasteiger partial charge in [0.2, 0.25) is 5.91 Å². The van der Waals surface area contributed by atoms with Crippen molar-refractivity contribution >= 4 is 5.91 Å². The third-order valence-corrected chi connectivity index (χ3v) is 2.94. The van der Waals surface area contributed by atoms with Gasteiger partial charge in [0.25, 0.3) is 0 Å². The maximum Gasteiger partial charge on any atom is 0.246 e. The first-order valence-corrected chi connectivity index (χ1v) is 6.51. The summed E-state index contributed by atoms with van der Waals surface area (Å²) in [5.74, 6) is 0.0649. The molecule has 2 N–H and O–H groups in total. The van der Waals surface area contributed by atoms with Crippen LogP contribution in [0.25, 0.3) is 0 Å². The van der Waals surface area contributed by atoms with Crippen molar-refractivity contribution in [1.29, 1.82) is 0 Å². The van der Waals surface area contributed by atoms with Crippen molar-refractivity contribution in [3.05, 3.63) is 11.1 Å². The van der Waals surface area contributed by atoms with E-state index in [0.717, 1.165) is 51.1 Å². The summed E-state index contributed by atoms with van der Waals surface area (Å²) in [6.07, 6.45) is 3.17. The molecule has 4 nitrogen and oxygen atoms in total. The number of hydrogen-bond acceptors (Lipinski definition) is 3. The Morgan fingerprint density at radius 1 is 1.35 bits per heavy atom. The Kier molecular flexibility index (Phi) is 6.89. The van der Waals surface area contributed by atoms with Crippen LogP contribution in [-0.2, 0) is 9.53 Å². The van der Waals surface area contributed by atoms with Gasteiger partial charge in [-0.25, -0.2) is 0 Å². The van der Waals surface area contributed by atoms with Crippen LogP contribution in [0.4, 0.5) is 0 Å². The van der Waals surface area contributed by atoms with Gasteiger partial charge >= 0.3 is 0 Å². The number of unbranched alkanes of at least 4 members (excludes halogenated alkanes) is 1. The first-order chi connectivity index (χ1) is 8.25. The van der Waals surface area contributed by atoms with Gasteiger partial charge in [-0.15, -0.1) is 0 Å². The van der Waals surface area contributed by atoms with Crippen LogP contribution in [0.15, 0.2) is 11.1 Å². The fraction of sp³-hybridized carbons (Fsp3) is 0.769. The van der Waals surface area contributed by atoms with Crippen LogP contribution < -0.4 is 10.6 Å². The van der Waals surface area contributed by atoms with Crippen LogP contribution in [0.5, 0.6) is 0 Å². The van der Waals surface area contributed by atoms with E-state index in [1.54, 1.807) is 0 Å². The smallest absolute Gasteiger partial charge is 0.246 e. The zero-order valence-corrected chi connectivity index (χ0v) is 11.0. The lowest BCUT2D eigenvalue weighted by Crippen LogP contribution is -2.37. The van der Waals surface area contributed by atoms with Crippen LogP contribution in [0, 0.1) is 0 Å². The maximum absolute atomic E-state index is 11.7. The molecule has 1 rings (SSSR count). The SMILES string of the molecule is CCCCOCCCNC(=O)C(C)=C1CNC1. The summed E-state index contributed by atoms with van der Waals surface area (Å²) in [5, 5.41) is 6.05. The van der Waals surface area contributed by atoms with E-state index in [2.05, 4.69) is 17.6 Å². The lowest BCUT2D eigenvalue weighted by Gasteiger charge is -2.21. The van der Waals surface area contributed by atoms with Crippen LogP contribution in [-0.4, -0.2) is 38.8 Å². The summed E-state index contributed by atoms with van der Waals surface area (Å²) in [7, 11) is 0. The highest BCUT2D eigenvalue weighted by atomic mass is 16.5. The average molecular weight is 240 g/mol. The van der Waals surface area contributed by atoms with Crippen LogP contribution >= 0.6 is 0 Å². The van der Waals surface area contributed by atoms with Crippen LogP contribution in [0.3, 0.4) is 0 Å². The Balaban J connectivity index is 2.01.